The van der Waals surface area contributed by atoms with Gasteiger partial charge < -0.3 is 14.8 Å². The van der Waals surface area contributed by atoms with Gasteiger partial charge in [0.15, 0.2) is 0 Å². The molecule has 1 aromatic rings. The molecule has 0 aromatic carbocycles. The molecule has 2 amide bonds. The molecule has 1 aliphatic rings. The Labute approximate surface area is 125 Å². The van der Waals surface area contributed by atoms with Crippen molar-refractivity contribution in [3.05, 3.63) is 17.7 Å². The first kappa shape index (κ1) is 15.5. The van der Waals surface area contributed by atoms with E-state index in [-0.39, 0.29) is 23.9 Å². The molecule has 1 aromatic heterocycles. The van der Waals surface area contributed by atoms with Crippen molar-refractivity contribution in [2.75, 3.05) is 6.54 Å². The molecule has 2 heterocycles. The molecule has 2 rings (SSSR count). The highest BCUT2D eigenvalue weighted by Gasteiger charge is 2.30. The number of carbonyl (C=O) groups excluding carboxylic acids is 2. The van der Waals surface area contributed by atoms with E-state index in [1.54, 1.807) is 6.20 Å². The molecule has 0 spiro atoms. The van der Waals surface area contributed by atoms with Crippen LogP contribution in [0.25, 0.3) is 0 Å². The zero-order valence-corrected chi connectivity index (χ0v) is 13.2. The normalized spacial score (nSPS) is 17.8. The number of hydrogen-bond acceptors (Lipinski definition) is 3. The third kappa shape index (κ3) is 3.25. The predicted molar refractivity (Wildman–Crippen MR) is 79.9 cm³/mol. The maximum atomic E-state index is 12.1. The number of aromatic nitrogens is 2. The number of nitrogens with zero attached hydrogens (tertiary/aromatic N) is 3. The van der Waals surface area contributed by atoms with E-state index in [0.717, 1.165) is 12.2 Å². The molecule has 0 bridgehead atoms. The Balaban J connectivity index is 2.18. The molecule has 1 atom stereocenters. The van der Waals surface area contributed by atoms with Gasteiger partial charge in [0.2, 0.25) is 5.91 Å². The van der Waals surface area contributed by atoms with Crippen molar-refractivity contribution in [3.63, 3.8) is 0 Å². The lowest BCUT2D eigenvalue weighted by Gasteiger charge is -2.33. The Morgan fingerprint density at radius 2 is 2.14 bits per heavy atom. The van der Waals surface area contributed by atoms with Crippen LogP contribution in [0.5, 0.6) is 0 Å². The second-order valence-electron chi connectivity index (χ2n) is 5.82. The van der Waals surface area contributed by atoms with Gasteiger partial charge in [-0.25, -0.2) is 4.98 Å². The summed E-state index contributed by atoms with van der Waals surface area (Å²) in [4.78, 5) is 30.4. The minimum absolute atomic E-state index is 0.0799. The quantitative estimate of drug-likeness (QED) is 0.919. The molecular formula is C15H24N4O2. The number of carbonyl (C=O) groups is 2. The molecule has 0 fully saturated rings. The zero-order valence-electron chi connectivity index (χ0n) is 13.2. The fourth-order valence-electron chi connectivity index (χ4n) is 2.63. The van der Waals surface area contributed by atoms with Crippen LogP contribution in [0.2, 0.25) is 0 Å². The van der Waals surface area contributed by atoms with Crippen molar-refractivity contribution < 1.29 is 9.59 Å². The summed E-state index contributed by atoms with van der Waals surface area (Å²) in [5.41, 5.74) is 0.426. The molecule has 21 heavy (non-hydrogen) atoms. The van der Waals surface area contributed by atoms with E-state index >= 15 is 0 Å². The SMILES string of the molecule is CCCC(=O)N1CCn2cc(C(=O)NC(C)C)nc2C1C. The van der Waals surface area contributed by atoms with Crippen molar-refractivity contribution in [3.8, 4) is 0 Å². The maximum Gasteiger partial charge on any atom is 0.271 e. The van der Waals surface area contributed by atoms with Crippen LogP contribution in [0.15, 0.2) is 6.20 Å². The van der Waals surface area contributed by atoms with Crippen LogP contribution in [-0.4, -0.2) is 38.9 Å². The topological polar surface area (TPSA) is 67.2 Å². The van der Waals surface area contributed by atoms with E-state index in [0.29, 0.717) is 25.2 Å². The monoisotopic (exact) mass is 292 g/mol. The van der Waals surface area contributed by atoms with Crippen LogP contribution < -0.4 is 5.32 Å². The standard InChI is InChI=1S/C15H24N4O2/c1-5-6-13(20)19-8-7-18-9-12(15(21)16-10(2)3)17-14(18)11(19)4/h9-11H,5-8H2,1-4H3,(H,16,21). The van der Waals surface area contributed by atoms with E-state index in [9.17, 15) is 9.59 Å². The summed E-state index contributed by atoms with van der Waals surface area (Å²) in [5.74, 6) is 0.789. The van der Waals surface area contributed by atoms with Gasteiger partial charge >= 0.3 is 0 Å². The minimum Gasteiger partial charge on any atom is -0.348 e. The lowest BCUT2D eigenvalue weighted by atomic mass is 10.2. The van der Waals surface area contributed by atoms with Gasteiger partial charge in [-0.15, -0.1) is 0 Å². The number of imidazole rings is 1. The van der Waals surface area contributed by atoms with Crippen molar-refractivity contribution in [1.82, 2.24) is 19.8 Å². The second kappa shape index (κ2) is 6.28. The Bertz CT molecular complexity index is 536. The Morgan fingerprint density at radius 3 is 2.76 bits per heavy atom. The predicted octanol–water partition coefficient (Wildman–Crippen LogP) is 1.72. The molecular weight excluding hydrogens is 268 g/mol. The van der Waals surface area contributed by atoms with Gasteiger partial charge in [0, 0.05) is 31.7 Å². The van der Waals surface area contributed by atoms with Crippen LogP contribution in [-0.2, 0) is 11.3 Å². The van der Waals surface area contributed by atoms with Gasteiger partial charge in [0.25, 0.3) is 5.91 Å². The lowest BCUT2D eigenvalue weighted by Crippen LogP contribution is -2.40. The first-order chi connectivity index (χ1) is 9.93. The van der Waals surface area contributed by atoms with E-state index in [1.165, 1.54) is 0 Å². The summed E-state index contributed by atoms with van der Waals surface area (Å²) in [5, 5.41) is 2.84. The summed E-state index contributed by atoms with van der Waals surface area (Å²) < 4.78 is 1.98. The minimum atomic E-state index is -0.162. The second-order valence-corrected chi connectivity index (χ2v) is 5.82. The van der Waals surface area contributed by atoms with Crippen molar-refractivity contribution in [2.24, 2.45) is 0 Å². The molecule has 116 valence electrons. The molecule has 0 saturated carbocycles. The van der Waals surface area contributed by atoms with Crippen LogP contribution >= 0.6 is 0 Å². The number of amides is 2. The summed E-state index contributed by atoms with van der Waals surface area (Å²) in [6, 6.07) is -0.00492. The lowest BCUT2D eigenvalue weighted by molar-refractivity contribution is -0.134. The average Bonchev–Trinajstić information content (AvgIpc) is 2.83. The fraction of sp³-hybridized carbons (Fsp3) is 0.667. The maximum absolute atomic E-state index is 12.1. The molecule has 6 nitrogen and oxygen atoms in total. The average molecular weight is 292 g/mol. The highest BCUT2D eigenvalue weighted by molar-refractivity contribution is 5.92. The third-order valence-corrected chi connectivity index (χ3v) is 3.67. The summed E-state index contributed by atoms with van der Waals surface area (Å²) in [7, 11) is 0. The van der Waals surface area contributed by atoms with E-state index < -0.39 is 0 Å². The molecule has 0 saturated heterocycles. The van der Waals surface area contributed by atoms with Gasteiger partial charge in [0.1, 0.15) is 11.5 Å². The largest absolute Gasteiger partial charge is 0.348 e. The van der Waals surface area contributed by atoms with Crippen LogP contribution in [0.4, 0.5) is 0 Å². The van der Waals surface area contributed by atoms with E-state index in [2.05, 4.69) is 10.3 Å². The number of fused-ring (bicyclic) bond motifs is 1. The number of rotatable bonds is 4. The first-order valence-electron chi connectivity index (χ1n) is 7.61. The fourth-order valence-corrected chi connectivity index (χ4v) is 2.63. The van der Waals surface area contributed by atoms with Gasteiger partial charge in [0.05, 0.1) is 6.04 Å². The summed E-state index contributed by atoms with van der Waals surface area (Å²) >= 11 is 0. The van der Waals surface area contributed by atoms with Gasteiger partial charge in [-0.1, -0.05) is 6.92 Å². The Morgan fingerprint density at radius 1 is 1.43 bits per heavy atom. The molecule has 0 radical (unpaired) electrons. The zero-order chi connectivity index (χ0) is 15.6. The van der Waals surface area contributed by atoms with E-state index in [4.69, 9.17) is 0 Å². The van der Waals surface area contributed by atoms with Gasteiger partial charge in [-0.3, -0.25) is 9.59 Å². The summed E-state index contributed by atoms with van der Waals surface area (Å²) in [6.45, 7) is 9.17. The molecule has 0 aliphatic carbocycles. The van der Waals surface area contributed by atoms with E-state index in [1.807, 2.05) is 37.2 Å². The molecule has 1 unspecified atom stereocenters. The summed E-state index contributed by atoms with van der Waals surface area (Å²) in [6.07, 6.45) is 3.19. The third-order valence-electron chi connectivity index (χ3n) is 3.67. The number of nitrogens with one attached hydrogen (secondary N) is 1. The van der Waals surface area contributed by atoms with Crippen LogP contribution in [0.3, 0.4) is 0 Å². The molecule has 1 aliphatic heterocycles. The van der Waals surface area contributed by atoms with Gasteiger partial charge in [-0.2, -0.15) is 0 Å². The molecule has 1 N–H and O–H groups in total. The smallest absolute Gasteiger partial charge is 0.271 e. The van der Waals surface area contributed by atoms with Crippen molar-refractivity contribution in [1.29, 1.82) is 0 Å². The Hall–Kier alpha value is -1.85. The highest BCUT2D eigenvalue weighted by atomic mass is 16.2. The van der Waals surface area contributed by atoms with Gasteiger partial charge in [-0.05, 0) is 27.2 Å². The van der Waals surface area contributed by atoms with Crippen molar-refractivity contribution in [2.45, 2.75) is 59.2 Å². The van der Waals surface area contributed by atoms with Crippen molar-refractivity contribution >= 4 is 11.8 Å². The number of hydrogen-bond donors (Lipinski definition) is 1. The Kier molecular flexibility index (Phi) is 4.65. The van der Waals surface area contributed by atoms with Crippen LogP contribution in [0, 0.1) is 0 Å². The van der Waals surface area contributed by atoms with Crippen LogP contribution in [0.1, 0.15) is 62.9 Å². The first-order valence-corrected chi connectivity index (χ1v) is 7.61. The highest BCUT2D eigenvalue weighted by Crippen LogP contribution is 2.25. The molecule has 6 heteroatoms.